The molecule has 0 saturated carbocycles. The number of nitrogens with zero attached hydrogens (tertiary/aromatic N) is 3. The summed E-state index contributed by atoms with van der Waals surface area (Å²) in [6.45, 7) is 0. The van der Waals surface area contributed by atoms with Crippen LogP contribution in [0.2, 0.25) is 5.02 Å². The summed E-state index contributed by atoms with van der Waals surface area (Å²) in [5.41, 5.74) is 10.6. The number of halogens is 1. The van der Waals surface area contributed by atoms with Crippen molar-refractivity contribution in [3.63, 3.8) is 0 Å². The van der Waals surface area contributed by atoms with Crippen LogP contribution in [-0.4, -0.2) is 19.9 Å². The molecule has 0 aliphatic heterocycles. The van der Waals surface area contributed by atoms with Crippen molar-refractivity contribution in [1.82, 2.24) is 19.9 Å². The van der Waals surface area contributed by atoms with Gasteiger partial charge in [0, 0.05) is 6.07 Å². The Labute approximate surface area is 105 Å². The Kier molecular flexibility index (Phi) is 3.16. The molecule has 2 aromatic heterocycles. The maximum atomic E-state index is 11.2. The van der Waals surface area contributed by atoms with Gasteiger partial charge in [0.15, 0.2) is 5.16 Å². The molecule has 9 heteroatoms. The lowest BCUT2D eigenvalue weighted by molar-refractivity contribution is 0.964. The van der Waals surface area contributed by atoms with Crippen molar-refractivity contribution < 1.29 is 0 Å². The van der Waals surface area contributed by atoms with E-state index in [4.69, 9.17) is 23.1 Å². The van der Waals surface area contributed by atoms with Crippen LogP contribution in [0.25, 0.3) is 0 Å². The molecule has 0 aliphatic carbocycles. The minimum Gasteiger partial charge on any atom is -0.383 e. The van der Waals surface area contributed by atoms with E-state index in [9.17, 15) is 4.79 Å². The van der Waals surface area contributed by atoms with E-state index in [2.05, 4.69) is 19.9 Å². The molecular formula is C8H7ClN6OS. The fourth-order valence-electron chi connectivity index (χ4n) is 1.03. The van der Waals surface area contributed by atoms with Gasteiger partial charge < -0.3 is 16.5 Å². The number of nitrogen functional groups attached to an aromatic ring is 2. The van der Waals surface area contributed by atoms with Crippen molar-refractivity contribution >= 4 is 35.0 Å². The first kappa shape index (κ1) is 11.7. The monoisotopic (exact) mass is 270 g/mol. The first-order valence-electron chi connectivity index (χ1n) is 4.37. The van der Waals surface area contributed by atoms with Crippen LogP contribution in [-0.2, 0) is 0 Å². The van der Waals surface area contributed by atoms with Gasteiger partial charge in [0.1, 0.15) is 21.7 Å². The van der Waals surface area contributed by atoms with Crippen LogP contribution in [0.5, 0.6) is 0 Å². The Balaban J connectivity index is 2.38. The lowest BCUT2D eigenvalue weighted by Gasteiger charge is -2.02. The summed E-state index contributed by atoms with van der Waals surface area (Å²) >= 11 is 6.79. The molecule has 2 heterocycles. The zero-order chi connectivity index (χ0) is 12.4. The SMILES string of the molecule is Nc1cc(N)nc(Sc2nc[nH]c(=O)c2Cl)n1. The molecule has 7 nitrogen and oxygen atoms in total. The van der Waals surface area contributed by atoms with Crippen molar-refractivity contribution in [2.45, 2.75) is 10.2 Å². The number of nitrogens with one attached hydrogen (secondary N) is 1. The minimum atomic E-state index is -0.430. The fraction of sp³-hybridized carbons (Fsp3) is 0. The van der Waals surface area contributed by atoms with Gasteiger partial charge in [-0.05, 0) is 11.8 Å². The van der Waals surface area contributed by atoms with Crippen LogP contribution < -0.4 is 17.0 Å². The van der Waals surface area contributed by atoms with Crippen molar-refractivity contribution in [3.8, 4) is 0 Å². The molecule has 0 unspecified atom stereocenters. The van der Waals surface area contributed by atoms with Gasteiger partial charge in [-0.15, -0.1) is 0 Å². The first-order chi connectivity index (χ1) is 8.06. The molecule has 0 radical (unpaired) electrons. The summed E-state index contributed by atoms with van der Waals surface area (Å²) in [6.07, 6.45) is 1.24. The molecule has 0 saturated heterocycles. The van der Waals surface area contributed by atoms with Crippen LogP contribution >= 0.6 is 23.4 Å². The van der Waals surface area contributed by atoms with Crippen LogP contribution in [0.1, 0.15) is 0 Å². The second-order valence-corrected chi connectivity index (χ2v) is 4.29. The standard InChI is InChI=1S/C8H7ClN6OS/c9-5-6(16)12-2-13-7(5)17-8-14-3(10)1-4(11)15-8/h1-2H,(H,12,13,16)(H4,10,11,14,15). The molecule has 2 aromatic rings. The van der Waals surface area contributed by atoms with Gasteiger partial charge in [-0.25, -0.2) is 15.0 Å². The van der Waals surface area contributed by atoms with E-state index in [-0.39, 0.29) is 21.8 Å². The Morgan fingerprint density at radius 2 is 1.94 bits per heavy atom. The van der Waals surface area contributed by atoms with Crippen LogP contribution in [0.4, 0.5) is 11.6 Å². The predicted octanol–water partition coefficient (Wildman–Crippen LogP) is 0.529. The highest BCUT2D eigenvalue weighted by Crippen LogP contribution is 2.27. The van der Waals surface area contributed by atoms with Gasteiger partial charge in [0.05, 0.1) is 6.33 Å². The number of nitrogens with two attached hydrogens (primary N) is 2. The van der Waals surface area contributed by atoms with Crippen LogP contribution in [0.15, 0.2) is 27.4 Å². The molecular weight excluding hydrogens is 264 g/mol. The number of aromatic amines is 1. The second kappa shape index (κ2) is 4.60. The molecule has 0 spiro atoms. The van der Waals surface area contributed by atoms with Gasteiger partial charge in [-0.2, -0.15) is 0 Å². The van der Waals surface area contributed by atoms with E-state index >= 15 is 0 Å². The smallest absolute Gasteiger partial charge is 0.270 e. The van der Waals surface area contributed by atoms with E-state index in [1.807, 2.05) is 0 Å². The molecule has 0 fully saturated rings. The molecule has 5 N–H and O–H groups in total. The van der Waals surface area contributed by atoms with E-state index in [1.165, 1.54) is 12.4 Å². The number of H-pyrrole nitrogens is 1. The van der Waals surface area contributed by atoms with Crippen LogP contribution in [0, 0.1) is 0 Å². The number of hydrogen-bond acceptors (Lipinski definition) is 7. The van der Waals surface area contributed by atoms with Gasteiger partial charge in [0.25, 0.3) is 5.56 Å². The van der Waals surface area contributed by atoms with Crippen molar-refractivity contribution in [2.24, 2.45) is 0 Å². The van der Waals surface area contributed by atoms with E-state index in [1.54, 1.807) is 0 Å². The molecule has 0 bridgehead atoms. The highest BCUT2D eigenvalue weighted by molar-refractivity contribution is 7.99. The number of anilines is 2. The number of rotatable bonds is 2. The Bertz CT molecular complexity index is 595. The molecule has 0 amide bonds. The molecule has 0 aliphatic rings. The normalized spacial score (nSPS) is 10.4. The third kappa shape index (κ3) is 2.66. The van der Waals surface area contributed by atoms with Gasteiger partial charge in [0.2, 0.25) is 0 Å². The van der Waals surface area contributed by atoms with Gasteiger partial charge in [-0.3, -0.25) is 4.79 Å². The lowest BCUT2D eigenvalue weighted by atomic mass is 10.5. The minimum absolute atomic E-state index is 0.0258. The second-order valence-electron chi connectivity index (χ2n) is 2.95. The molecule has 2 rings (SSSR count). The predicted molar refractivity (Wildman–Crippen MR) is 64.8 cm³/mol. The number of hydrogen-bond donors (Lipinski definition) is 3. The van der Waals surface area contributed by atoms with E-state index in [0.29, 0.717) is 5.03 Å². The van der Waals surface area contributed by atoms with Gasteiger partial charge in [-0.1, -0.05) is 11.6 Å². The Morgan fingerprint density at radius 1 is 1.29 bits per heavy atom. The molecule has 88 valence electrons. The summed E-state index contributed by atoms with van der Waals surface area (Å²) in [4.78, 5) is 25.4. The largest absolute Gasteiger partial charge is 0.383 e. The summed E-state index contributed by atoms with van der Waals surface area (Å²) in [7, 11) is 0. The summed E-state index contributed by atoms with van der Waals surface area (Å²) in [5, 5.41) is 0.546. The van der Waals surface area contributed by atoms with Gasteiger partial charge >= 0.3 is 0 Å². The Morgan fingerprint density at radius 3 is 2.59 bits per heavy atom. The quantitative estimate of drug-likeness (QED) is 0.537. The summed E-state index contributed by atoms with van der Waals surface area (Å²) < 4.78 is 0. The molecule has 0 atom stereocenters. The topological polar surface area (TPSA) is 124 Å². The average molecular weight is 271 g/mol. The highest BCUT2D eigenvalue weighted by atomic mass is 35.5. The first-order valence-corrected chi connectivity index (χ1v) is 5.57. The fourth-order valence-corrected chi connectivity index (χ4v) is 2.01. The third-order valence-electron chi connectivity index (χ3n) is 1.70. The summed E-state index contributed by atoms with van der Waals surface area (Å²) in [5.74, 6) is 0.474. The van der Waals surface area contributed by atoms with Crippen molar-refractivity contribution in [3.05, 3.63) is 27.8 Å². The maximum Gasteiger partial charge on any atom is 0.270 e. The van der Waals surface area contributed by atoms with E-state index in [0.717, 1.165) is 11.8 Å². The van der Waals surface area contributed by atoms with Crippen molar-refractivity contribution in [2.75, 3.05) is 11.5 Å². The third-order valence-corrected chi connectivity index (χ3v) is 3.03. The zero-order valence-electron chi connectivity index (χ0n) is 8.35. The summed E-state index contributed by atoms with van der Waals surface area (Å²) in [6, 6.07) is 1.43. The molecule has 17 heavy (non-hydrogen) atoms. The molecule has 0 aromatic carbocycles. The highest BCUT2D eigenvalue weighted by Gasteiger charge is 2.10. The number of aromatic nitrogens is 4. The van der Waals surface area contributed by atoms with Crippen molar-refractivity contribution in [1.29, 1.82) is 0 Å². The van der Waals surface area contributed by atoms with E-state index < -0.39 is 5.56 Å². The lowest BCUT2D eigenvalue weighted by Crippen LogP contribution is -2.08. The Hall–Kier alpha value is -1.80. The maximum absolute atomic E-state index is 11.2. The van der Waals surface area contributed by atoms with Crippen LogP contribution in [0.3, 0.4) is 0 Å². The zero-order valence-corrected chi connectivity index (χ0v) is 9.92. The average Bonchev–Trinajstić information content (AvgIpc) is 2.23.